The molecule has 2 aromatic carbocycles. The zero-order valence-electron chi connectivity index (χ0n) is 13.3. The topological polar surface area (TPSA) is 49.9 Å². The van der Waals surface area contributed by atoms with E-state index in [1.165, 1.54) is 4.31 Å². The minimum atomic E-state index is -3.61. The van der Waals surface area contributed by atoms with Crippen molar-refractivity contribution in [2.24, 2.45) is 0 Å². The van der Waals surface area contributed by atoms with Crippen LogP contribution in [0.25, 0.3) is 0 Å². The van der Waals surface area contributed by atoms with Crippen LogP contribution >= 0.6 is 0 Å². The predicted molar refractivity (Wildman–Crippen MR) is 91.9 cm³/mol. The Kier molecular flexibility index (Phi) is 4.17. The smallest absolute Gasteiger partial charge is 0.264 e. The molecule has 3 rings (SSSR count). The van der Waals surface area contributed by atoms with Crippen LogP contribution in [0, 0.1) is 0 Å². The lowest BCUT2D eigenvalue weighted by atomic mass is 10.2. The van der Waals surface area contributed by atoms with E-state index in [1.807, 2.05) is 37.1 Å². The number of rotatable bonds is 4. The quantitative estimate of drug-likeness (QED) is 0.864. The Balaban J connectivity index is 2.04. The summed E-state index contributed by atoms with van der Waals surface area (Å²) >= 11 is 0. The Labute approximate surface area is 137 Å². The maximum absolute atomic E-state index is 13.0. The first-order valence-electron chi connectivity index (χ1n) is 7.60. The van der Waals surface area contributed by atoms with Gasteiger partial charge in [-0.15, -0.1) is 0 Å². The molecule has 0 N–H and O–H groups in total. The first kappa shape index (κ1) is 15.7. The Bertz CT molecular complexity index is 791. The van der Waals surface area contributed by atoms with Crippen LogP contribution < -0.4 is 13.9 Å². The van der Waals surface area contributed by atoms with E-state index in [0.717, 1.165) is 18.0 Å². The van der Waals surface area contributed by atoms with E-state index < -0.39 is 10.0 Å². The molecule has 0 unspecified atom stereocenters. The predicted octanol–water partition coefficient (Wildman–Crippen LogP) is 2.73. The van der Waals surface area contributed by atoms with Crippen molar-refractivity contribution in [2.45, 2.75) is 11.8 Å². The van der Waals surface area contributed by atoms with Crippen molar-refractivity contribution in [1.82, 2.24) is 0 Å². The number of fused-ring (bicyclic) bond motifs is 1. The van der Waals surface area contributed by atoms with Gasteiger partial charge in [0.15, 0.2) is 0 Å². The highest BCUT2D eigenvalue weighted by Gasteiger charge is 2.26. The van der Waals surface area contributed by atoms with Crippen molar-refractivity contribution in [2.75, 3.05) is 35.9 Å². The van der Waals surface area contributed by atoms with Crippen LogP contribution in [0.1, 0.15) is 6.92 Å². The van der Waals surface area contributed by atoms with Crippen LogP contribution in [-0.4, -0.2) is 35.2 Å². The molecule has 2 aromatic rings. The summed E-state index contributed by atoms with van der Waals surface area (Å²) in [6, 6.07) is 14.2. The molecule has 1 heterocycles. The van der Waals surface area contributed by atoms with E-state index in [2.05, 4.69) is 0 Å². The first-order valence-corrected chi connectivity index (χ1v) is 9.04. The number of para-hydroxylation sites is 1. The number of hydrogen-bond acceptors (Lipinski definition) is 4. The van der Waals surface area contributed by atoms with Gasteiger partial charge in [-0.2, -0.15) is 0 Å². The van der Waals surface area contributed by atoms with E-state index in [9.17, 15) is 8.42 Å². The van der Waals surface area contributed by atoms with Gasteiger partial charge in [-0.05, 0) is 37.3 Å². The first-order chi connectivity index (χ1) is 11.0. The molecule has 122 valence electrons. The second kappa shape index (κ2) is 6.12. The van der Waals surface area contributed by atoms with E-state index in [-0.39, 0.29) is 4.90 Å². The molecule has 6 heteroatoms. The summed E-state index contributed by atoms with van der Waals surface area (Å²) in [4.78, 5) is 2.29. The fourth-order valence-electron chi connectivity index (χ4n) is 2.70. The Morgan fingerprint density at radius 1 is 1.17 bits per heavy atom. The number of sulfonamides is 1. The average Bonchev–Trinajstić information content (AvgIpc) is 2.56. The lowest BCUT2D eigenvalue weighted by molar-refractivity contribution is 0.311. The Hall–Kier alpha value is -2.21. The van der Waals surface area contributed by atoms with E-state index in [1.54, 1.807) is 30.3 Å². The van der Waals surface area contributed by atoms with Gasteiger partial charge in [0.2, 0.25) is 0 Å². The van der Waals surface area contributed by atoms with E-state index in [0.29, 0.717) is 18.8 Å². The van der Waals surface area contributed by atoms with Crippen molar-refractivity contribution in [1.29, 1.82) is 0 Å². The molecular formula is C17H20N2O3S. The lowest BCUT2D eigenvalue weighted by Crippen LogP contribution is -2.32. The van der Waals surface area contributed by atoms with Crippen LogP contribution in [0.4, 0.5) is 11.4 Å². The largest absolute Gasteiger partial charge is 0.490 e. The summed E-state index contributed by atoms with van der Waals surface area (Å²) in [5, 5.41) is 0. The molecule has 1 aliphatic rings. The van der Waals surface area contributed by atoms with Crippen molar-refractivity contribution in [3.05, 3.63) is 48.5 Å². The molecule has 0 atom stereocenters. The van der Waals surface area contributed by atoms with Gasteiger partial charge < -0.3 is 9.64 Å². The van der Waals surface area contributed by atoms with Gasteiger partial charge in [0.05, 0.1) is 22.8 Å². The maximum atomic E-state index is 13.0. The van der Waals surface area contributed by atoms with E-state index in [4.69, 9.17) is 4.74 Å². The summed E-state index contributed by atoms with van der Waals surface area (Å²) in [6.45, 7) is 3.56. The Morgan fingerprint density at radius 3 is 2.61 bits per heavy atom. The number of anilines is 2. The third-order valence-electron chi connectivity index (χ3n) is 3.95. The number of nitrogens with zero attached hydrogens (tertiary/aromatic N) is 2. The van der Waals surface area contributed by atoms with Crippen molar-refractivity contribution in [3.63, 3.8) is 0 Å². The summed E-state index contributed by atoms with van der Waals surface area (Å²) < 4.78 is 33.0. The minimum absolute atomic E-state index is 0.277. The fourth-order valence-corrected chi connectivity index (χ4v) is 4.20. The molecular weight excluding hydrogens is 312 g/mol. The lowest BCUT2D eigenvalue weighted by Gasteiger charge is -2.29. The zero-order chi connectivity index (χ0) is 16.4. The van der Waals surface area contributed by atoms with Crippen LogP contribution in [0.5, 0.6) is 5.75 Å². The molecule has 23 heavy (non-hydrogen) atoms. The van der Waals surface area contributed by atoms with Crippen molar-refractivity contribution < 1.29 is 13.2 Å². The highest BCUT2D eigenvalue weighted by atomic mass is 32.2. The third-order valence-corrected chi connectivity index (χ3v) is 5.84. The molecule has 5 nitrogen and oxygen atoms in total. The Morgan fingerprint density at radius 2 is 1.91 bits per heavy atom. The minimum Gasteiger partial charge on any atom is -0.490 e. The molecule has 0 saturated carbocycles. The summed E-state index contributed by atoms with van der Waals surface area (Å²) in [7, 11) is -1.67. The van der Waals surface area contributed by atoms with Crippen molar-refractivity contribution >= 4 is 21.4 Å². The van der Waals surface area contributed by atoms with Gasteiger partial charge in [0.25, 0.3) is 10.0 Å². The SMILES string of the molecule is CCN(c1ccccc1)S(=O)(=O)c1ccc2c(c1)N(C)CCO2. The molecule has 0 fully saturated rings. The number of ether oxygens (including phenoxy) is 1. The molecule has 0 saturated heterocycles. The fraction of sp³-hybridized carbons (Fsp3) is 0.294. The number of benzene rings is 2. The highest BCUT2D eigenvalue weighted by Crippen LogP contribution is 2.34. The summed E-state index contributed by atoms with van der Waals surface area (Å²) in [5.74, 6) is 0.723. The normalized spacial score (nSPS) is 14.1. The van der Waals surface area contributed by atoms with Gasteiger partial charge in [-0.1, -0.05) is 18.2 Å². The van der Waals surface area contributed by atoms with Gasteiger partial charge in [-0.3, -0.25) is 4.31 Å². The average molecular weight is 332 g/mol. The maximum Gasteiger partial charge on any atom is 0.264 e. The number of likely N-dealkylation sites (N-methyl/N-ethyl adjacent to an activating group) is 1. The van der Waals surface area contributed by atoms with Crippen LogP contribution in [-0.2, 0) is 10.0 Å². The summed E-state index contributed by atoms with van der Waals surface area (Å²) in [6.07, 6.45) is 0. The third kappa shape index (κ3) is 2.86. The monoisotopic (exact) mass is 332 g/mol. The van der Waals surface area contributed by atoms with Crippen LogP contribution in [0.3, 0.4) is 0 Å². The van der Waals surface area contributed by atoms with Gasteiger partial charge >= 0.3 is 0 Å². The molecule has 1 aliphatic heterocycles. The highest BCUT2D eigenvalue weighted by molar-refractivity contribution is 7.92. The van der Waals surface area contributed by atoms with Gasteiger partial charge in [0, 0.05) is 13.6 Å². The second-order valence-electron chi connectivity index (χ2n) is 5.40. The molecule has 0 aliphatic carbocycles. The standard InChI is InChI=1S/C17H20N2O3S/c1-3-19(14-7-5-4-6-8-14)23(20,21)15-9-10-17-16(13-15)18(2)11-12-22-17/h4-10,13H,3,11-12H2,1-2H3. The van der Waals surface area contributed by atoms with Crippen LogP contribution in [0.2, 0.25) is 0 Å². The van der Waals surface area contributed by atoms with Crippen LogP contribution in [0.15, 0.2) is 53.4 Å². The molecule has 0 spiro atoms. The van der Waals surface area contributed by atoms with Crippen molar-refractivity contribution in [3.8, 4) is 5.75 Å². The second-order valence-corrected chi connectivity index (χ2v) is 7.27. The molecule has 0 aromatic heterocycles. The molecule has 0 radical (unpaired) electrons. The zero-order valence-corrected chi connectivity index (χ0v) is 14.1. The van der Waals surface area contributed by atoms with Gasteiger partial charge in [0.1, 0.15) is 12.4 Å². The number of hydrogen-bond donors (Lipinski definition) is 0. The molecule has 0 bridgehead atoms. The molecule has 0 amide bonds. The summed E-state index contributed by atoms with van der Waals surface area (Å²) in [5.41, 5.74) is 1.47. The van der Waals surface area contributed by atoms with Gasteiger partial charge in [-0.25, -0.2) is 8.42 Å². The van der Waals surface area contributed by atoms with E-state index >= 15 is 0 Å².